The Morgan fingerprint density at radius 3 is 2.06 bits per heavy atom. The van der Waals surface area contributed by atoms with E-state index in [1.54, 1.807) is 13.8 Å². The zero-order chi connectivity index (χ0) is 37.7. The van der Waals surface area contributed by atoms with Crippen molar-refractivity contribution in [3.63, 3.8) is 0 Å². The molecular weight excluding hydrogens is 701 g/mol. The number of aliphatic carboxylic acids is 1. The maximum absolute atomic E-state index is 14.0. The van der Waals surface area contributed by atoms with Crippen molar-refractivity contribution in [1.29, 1.82) is 0 Å². The number of nitrogens with zero attached hydrogens (tertiary/aromatic N) is 3. The Kier molecular flexibility index (Phi) is 12.0. The molecule has 0 radical (unpaired) electrons. The summed E-state index contributed by atoms with van der Waals surface area (Å²) in [7, 11) is 0. The number of halogens is 9. The summed E-state index contributed by atoms with van der Waals surface area (Å²) in [6.45, 7) is 2.65. The number of carboxylic acid groups (broad SMARTS) is 1. The average molecular weight is 736 g/mol. The predicted molar refractivity (Wildman–Crippen MR) is 166 cm³/mol. The van der Waals surface area contributed by atoms with Crippen molar-refractivity contribution in [2.75, 3.05) is 23.0 Å². The molecule has 1 aliphatic rings. The monoisotopic (exact) mass is 735 g/mol. The first-order valence-electron chi connectivity index (χ1n) is 15.9. The van der Waals surface area contributed by atoms with Gasteiger partial charge in [-0.3, -0.25) is 9.69 Å². The third-order valence-electron chi connectivity index (χ3n) is 8.21. The number of aromatic nitrogens is 1. The molecule has 1 aliphatic heterocycles. The zero-order valence-electron chi connectivity index (χ0n) is 27.3. The number of anilines is 2. The van der Waals surface area contributed by atoms with E-state index in [-0.39, 0.29) is 61.4 Å². The van der Waals surface area contributed by atoms with Crippen LogP contribution < -0.4 is 14.5 Å². The third-order valence-corrected chi connectivity index (χ3v) is 8.21. The Morgan fingerprint density at radius 2 is 1.53 bits per heavy atom. The van der Waals surface area contributed by atoms with Crippen molar-refractivity contribution >= 4 is 23.6 Å². The summed E-state index contributed by atoms with van der Waals surface area (Å²) < 4.78 is 136. The second-order valence-corrected chi connectivity index (χ2v) is 11.7. The van der Waals surface area contributed by atoms with Gasteiger partial charge in [-0.1, -0.05) is 6.92 Å². The van der Waals surface area contributed by atoms with Crippen LogP contribution in [0, 0.1) is 0 Å². The molecule has 0 saturated heterocycles. The van der Waals surface area contributed by atoms with Crippen LogP contribution in [0.25, 0.3) is 0 Å². The molecule has 0 aliphatic carbocycles. The minimum atomic E-state index is -5.16. The SMILES string of the molecule is CCOC(=O)N1c2ccc(C(F)(F)F)cc2[C@@H](N(Cc2cc(C(F)(F)F)cc(C(F)(F)F)c2)c2ccc(OCCCCC(=O)O)cn2)C[C@H]1CC. The van der Waals surface area contributed by atoms with E-state index in [9.17, 15) is 49.1 Å². The van der Waals surface area contributed by atoms with Gasteiger partial charge in [0.2, 0.25) is 0 Å². The zero-order valence-corrected chi connectivity index (χ0v) is 27.3. The third kappa shape index (κ3) is 9.76. The van der Waals surface area contributed by atoms with Gasteiger partial charge in [-0.15, -0.1) is 0 Å². The van der Waals surface area contributed by atoms with Crippen LogP contribution in [0.3, 0.4) is 0 Å². The number of pyridine rings is 1. The van der Waals surface area contributed by atoms with Crippen LogP contribution in [0.5, 0.6) is 5.75 Å². The number of hydrogen-bond donors (Lipinski definition) is 1. The topological polar surface area (TPSA) is 92.2 Å². The minimum absolute atomic E-state index is 0.0213. The van der Waals surface area contributed by atoms with E-state index in [1.165, 1.54) is 28.1 Å². The van der Waals surface area contributed by atoms with Gasteiger partial charge in [-0.05, 0) is 92.3 Å². The number of fused-ring (bicyclic) bond motifs is 1. The van der Waals surface area contributed by atoms with E-state index in [4.69, 9.17) is 14.6 Å². The first kappa shape index (κ1) is 39.1. The van der Waals surface area contributed by atoms with Crippen molar-refractivity contribution in [3.05, 3.63) is 82.5 Å². The molecule has 0 saturated carbocycles. The Bertz CT molecular complexity index is 1650. The summed E-state index contributed by atoms with van der Waals surface area (Å²) >= 11 is 0. The van der Waals surface area contributed by atoms with E-state index in [2.05, 4.69) is 4.98 Å². The second kappa shape index (κ2) is 15.7. The molecule has 3 aromatic rings. The number of amides is 1. The molecule has 2 heterocycles. The van der Waals surface area contributed by atoms with E-state index in [1.807, 2.05) is 0 Å². The van der Waals surface area contributed by atoms with Crippen LogP contribution in [-0.2, 0) is 34.6 Å². The molecule has 51 heavy (non-hydrogen) atoms. The average Bonchev–Trinajstić information content (AvgIpc) is 3.05. The maximum Gasteiger partial charge on any atom is 0.416 e. The first-order valence-corrected chi connectivity index (χ1v) is 15.9. The highest BCUT2D eigenvalue weighted by atomic mass is 19.4. The van der Waals surface area contributed by atoms with E-state index < -0.39 is 71.5 Å². The van der Waals surface area contributed by atoms with Gasteiger partial charge in [0, 0.05) is 19.0 Å². The molecule has 1 N–H and O–H groups in total. The lowest BCUT2D eigenvalue weighted by Crippen LogP contribution is -2.48. The molecule has 0 bridgehead atoms. The molecule has 278 valence electrons. The van der Waals surface area contributed by atoms with Crippen molar-refractivity contribution in [2.24, 2.45) is 0 Å². The largest absolute Gasteiger partial charge is 0.492 e. The molecule has 4 rings (SSSR count). The van der Waals surface area contributed by atoms with Crippen LogP contribution >= 0.6 is 0 Å². The number of unbranched alkanes of at least 4 members (excludes halogenated alkanes) is 1. The van der Waals surface area contributed by atoms with Gasteiger partial charge in [-0.2, -0.15) is 39.5 Å². The van der Waals surface area contributed by atoms with Gasteiger partial charge in [0.15, 0.2) is 0 Å². The number of ether oxygens (including phenoxy) is 2. The van der Waals surface area contributed by atoms with E-state index >= 15 is 0 Å². The molecule has 2 aromatic carbocycles. The molecule has 0 unspecified atom stereocenters. The van der Waals surface area contributed by atoms with Gasteiger partial charge in [0.05, 0.1) is 47.8 Å². The standard InChI is InChI=1S/C34H34F9N3O5/c1-3-24-17-28(26-16-21(32(35,36)37)8-10-27(26)46(24)31(49)50-4-2)45(29-11-9-25(18-44-29)51-12-6-5-7-30(47)48)19-20-13-22(33(38,39)40)15-23(14-20)34(41,42)43/h8-11,13-16,18,24,28H,3-7,12,17,19H2,1-2H3,(H,47,48)/t24-,28+/m1/s1. The highest BCUT2D eigenvalue weighted by Gasteiger charge is 2.42. The molecule has 0 spiro atoms. The number of hydrogen-bond acceptors (Lipinski definition) is 6. The van der Waals surface area contributed by atoms with Gasteiger partial charge < -0.3 is 19.5 Å². The van der Waals surface area contributed by atoms with Gasteiger partial charge in [-0.25, -0.2) is 9.78 Å². The fraction of sp³-hybridized carbons (Fsp3) is 0.441. The van der Waals surface area contributed by atoms with Gasteiger partial charge >= 0.3 is 30.6 Å². The number of benzene rings is 2. The normalized spacial score (nSPS) is 16.4. The van der Waals surface area contributed by atoms with Crippen LogP contribution in [0.2, 0.25) is 0 Å². The highest BCUT2D eigenvalue weighted by Crippen LogP contribution is 2.46. The summed E-state index contributed by atoms with van der Waals surface area (Å²) in [5.41, 5.74) is -4.75. The van der Waals surface area contributed by atoms with Crippen molar-refractivity contribution in [1.82, 2.24) is 4.98 Å². The lowest BCUT2D eigenvalue weighted by Gasteiger charge is -2.44. The summed E-state index contributed by atoms with van der Waals surface area (Å²) in [6.07, 6.45) is -14.0. The number of carboxylic acids is 1. The molecule has 8 nitrogen and oxygen atoms in total. The molecular formula is C34H34F9N3O5. The first-order chi connectivity index (χ1) is 23.8. The van der Waals surface area contributed by atoms with E-state index in [0.717, 1.165) is 18.2 Å². The van der Waals surface area contributed by atoms with Crippen LogP contribution in [0.4, 0.5) is 55.8 Å². The van der Waals surface area contributed by atoms with Crippen LogP contribution in [0.15, 0.2) is 54.7 Å². The minimum Gasteiger partial charge on any atom is -0.492 e. The summed E-state index contributed by atoms with van der Waals surface area (Å²) in [5, 5.41) is 8.80. The Balaban J connectivity index is 1.87. The number of alkyl halides is 9. The summed E-state index contributed by atoms with van der Waals surface area (Å²) in [4.78, 5) is 30.7. The lowest BCUT2D eigenvalue weighted by molar-refractivity contribution is -0.143. The number of carbonyl (C=O) groups is 2. The second-order valence-electron chi connectivity index (χ2n) is 11.7. The van der Waals surface area contributed by atoms with Crippen molar-refractivity contribution in [3.8, 4) is 5.75 Å². The van der Waals surface area contributed by atoms with Crippen molar-refractivity contribution < 1.29 is 63.7 Å². The Labute approximate surface area is 286 Å². The number of carbonyl (C=O) groups excluding carboxylic acids is 1. The summed E-state index contributed by atoms with van der Waals surface area (Å²) in [5.74, 6) is -0.797. The van der Waals surface area contributed by atoms with Gasteiger partial charge in [0.25, 0.3) is 0 Å². The molecule has 1 aromatic heterocycles. The predicted octanol–water partition coefficient (Wildman–Crippen LogP) is 9.66. The quantitative estimate of drug-likeness (QED) is 0.146. The fourth-order valence-corrected chi connectivity index (χ4v) is 5.84. The summed E-state index contributed by atoms with van der Waals surface area (Å²) in [6, 6.07) is 4.63. The van der Waals surface area contributed by atoms with Crippen molar-refractivity contribution in [2.45, 2.75) is 83.1 Å². The van der Waals surface area contributed by atoms with Crippen LogP contribution in [0.1, 0.15) is 79.8 Å². The molecule has 0 fully saturated rings. The Hall–Kier alpha value is -4.70. The smallest absolute Gasteiger partial charge is 0.416 e. The van der Waals surface area contributed by atoms with Gasteiger partial charge in [0.1, 0.15) is 11.6 Å². The molecule has 1 amide bonds. The van der Waals surface area contributed by atoms with E-state index in [0.29, 0.717) is 25.0 Å². The lowest BCUT2D eigenvalue weighted by atomic mass is 9.87. The molecule has 2 atom stereocenters. The Morgan fingerprint density at radius 1 is 0.882 bits per heavy atom. The highest BCUT2D eigenvalue weighted by molar-refractivity contribution is 5.90. The van der Waals surface area contributed by atoms with Crippen LogP contribution in [-0.4, -0.2) is 41.4 Å². The molecule has 17 heteroatoms. The number of rotatable bonds is 12. The maximum atomic E-state index is 14.0. The fourth-order valence-electron chi connectivity index (χ4n) is 5.84.